The summed E-state index contributed by atoms with van der Waals surface area (Å²) in [7, 11) is 0. The number of ether oxygens (including phenoxy) is 1. The molecule has 1 rings (SSSR count). The van der Waals surface area contributed by atoms with Crippen LogP contribution in [0.3, 0.4) is 0 Å². The van der Waals surface area contributed by atoms with Crippen LogP contribution in [0.5, 0.6) is 5.75 Å². The van der Waals surface area contributed by atoms with Gasteiger partial charge in [0.1, 0.15) is 0 Å². The lowest BCUT2D eigenvalue weighted by Gasteiger charge is -2.16. The number of unbranched alkanes of at least 4 members (excludes halogenated alkanes) is 3. The van der Waals surface area contributed by atoms with Gasteiger partial charge in [-0.2, -0.15) is 0 Å². The smallest absolute Gasteiger partial charge is 0.336 e. The Bertz CT molecular complexity index is 699. The molecule has 1 atom stereocenters. The van der Waals surface area contributed by atoms with Crippen LogP contribution in [0.2, 0.25) is 0 Å². The summed E-state index contributed by atoms with van der Waals surface area (Å²) < 4.78 is 5.17. The van der Waals surface area contributed by atoms with E-state index in [1.54, 1.807) is 6.92 Å². The van der Waals surface area contributed by atoms with Gasteiger partial charge in [0.05, 0.1) is 15.9 Å². The second-order valence-electron chi connectivity index (χ2n) is 6.07. The Hall–Kier alpha value is -2.77. The molecule has 0 saturated carbocycles. The number of nitrogens with zero attached hydrogens (tertiary/aromatic N) is 2. The van der Waals surface area contributed by atoms with Gasteiger partial charge in [-0.25, -0.2) is 4.79 Å². The maximum atomic E-state index is 11.8. The Labute approximate surface area is 152 Å². The van der Waals surface area contributed by atoms with Gasteiger partial charge in [-0.15, -0.1) is 0 Å². The predicted octanol–water partition coefficient (Wildman–Crippen LogP) is 5.06. The fourth-order valence-electron chi connectivity index (χ4n) is 2.64. The number of carbonyl (C=O) groups excluding carboxylic acids is 1. The Morgan fingerprint density at radius 2 is 1.88 bits per heavy atom. The van der Waals surface area contributed by atoms with Crippen LogP contribution >= 0.6 is 0 Å². The first kappa shape index (κ1) is 21.3. The predicted molar refractivity (Wildman–Crippen MR) is 97.4 cm³/mol. The van der Waals surface area contributed by atoms with Crippen LogP contribution in [0.1, 0.15) is 64.4 Å². The molecule has 0 aliphatic rings. The average Bonchev–Trinajstić information content (AvgIpc) is 2.58. The molecule has 0 heterocycles. The van der Waals surface area contributed by atoms with Crippen molar-refractivity contribution in [3.8, 4) is 5.75 Å². The summed E-state index contributed by atoms with van der Waals surface area (Å²) in [5.41, 5.74) is -0.661. The molecule has 0 fully saturated rings. The van der Waals surface area contributed by atoms with Gasteiger partial charge in [0.25, 0.3) is 5.69 Å². The van der Waals surface area contributed by atoms with Crippen LogP contribution in [-0.2, 0) is 4.79 Å². The summed E-state index contributed by atoms with van der Waals surface area (Å²) >= 11 is 0. The molecular formula is C18H24N2O6. The van der Waals surface area contributed by atoms with Gasteiger partial charge in [-0.1, -0.05) is 45.6 Å². The molecule has 8 nitrogen and oxygen atoms in total. The molecule has 0 aromatic heterocycles. The van der Waals surface area contributed by atoms with E-state index in [0.717, 1.165) is 37.8 Å². The van der Waals surface area contributed by atoms with E-state index in [4.69, 9.17) is 4.74 Å². The topological polar surface area (TPSA) is 113 Å². The number of carbonyl (C=O) groups is 1. The molecule has 0 amide bonds. The first-order valence-corrected chi connectivity index (χ1v) is 8.63. The number of non-ortho nitro benzene ring substituents is 1. The molecule has 0 aliphatic heterocycles. The van der Waals surface area contributed by atoms with E-state index in [1.165, 1.54) is 12.1 Å². The third-order valence-electron chi connectivity index (χ3n) is 4.02. The van der Waals surface area contributed by atoms with Gasteiger partial charge in [-0.3, -0.25) is 20.2 Å². The van der Waals surface area contributed by atoms with Crippen LogP contribution in [0.25, 0.3) is 0 Å². The summed E-state index contributed by atoms with van der Waals surface area (Å²) in [6.07, 6.45) is 7.31. The Kier molecular flexibility index (Phi) is 8.41. The summed E-state index contributed by atoms with van der Waals surface area (Å²) in [5, 5.41) is 22.5. The molecule has 0 N–H and O–H groups in total. The van der Waals surface area contributed by atoms with Crippen molar-refractivity contribution in [3.05, 3.63) is 50.1 Å². The fraction of sp³-hybridized carbons (Fsp3) is 0.500. The molecule has 142 valence electrons. The highest BCUT2D eigenvalue weighted by molar-refractivity contribution is 5.85. The minimum atomic E-state index is -0.765. The van der Waals surface area contributed by atoms with Crippen molar-refractivity contribution in [2.24, 2.45) is 0 Å². The fourth-order valence-corrected chi connectivity index (χ4v) is 2.64. The van der Waals surface area contributed by atoms with Crippen LogP contribution in [0.4, 0.5) is 11.4 Å². The van der Waals surface area contributed by atoms with Crippen molar-refractivity contribution in [2.75, 3.05) is 0 Å². The van der Waals surface area contributed by atoms with Crippen LogP contribution in [0, 0.1) is 20.2 Å². The normalized spacial score (nSPS) is 12.1. The maximum Gasteiger partial charge on any atom is 0.336 e. The summed E-state index contributed by atoms with van der Waals surface area (Å²) in [4.78, 5) is 32.9. The summed E-state index contributed by atoms with van der Waals surface area (Å²) in [6.45, 7) is 5.52. The van der Waals surface area contributed by atoms with E-state index in [-0.39, 0.29) is 11.7 Å². The lowest BCUT2D eigenvalue weighted by molar-refractivity contribution is -0.394. The molecule has 8 heteroatoms. The number of nitro groups is 2. The minimum Gasteiger partial charge on any atom is -0.416 e. The summed E-state index contributed by atoms with van der Waals surface area (Å²) in [6, 6.07) is 2.08. The Balaban J connectivity index is 3.33. The SMILES string of the molecule is C/C=C\C(=O)Oc1c(C(C)CCCCCC)cc([N+](=O)[O-])cc1[N+](=O)[O-]. The zero-order chi connectivity index (χ0) is 19.7. The molecule has 0 spiro atoms. The Morgan fingerprint density at radius 1 is 1.19 bits per heavy atom. The highest BCUT2D eigenvalue weighted by atomic mass is 16.6. The molecule has 0 aliphatic carbocycles. The number of nitro benzene ring substituents is 2. The molecular weight excluding hydrogens is 340 g/mol. The monoisotopic (exact) mass is 364 g/mol. The number of esters is 1. The lowest BCUT2D eigenvalue weighted by Crippen LogP contribution is -2.10. The quantitative estimate of drug-likeness (QED) is 0.143. The third kappa shape index (κ3) is 5.94. The second kappa shape index (κ2) is 10.3. The van der Waals surface area contributed by atoms with E-state index >= 15 is 0 Å². The van der Waals surface area contributed by atoms with Crippen molar-refractivity contribution in [3.63, 3.8) is 0 Å². The van der Waals surface area contributed by atoms with Crippen molar-refractivity contribution < 1.29 is 19.4 Å². The molecule has 0 radical (unpaired) electrons. The van der Waals surface area contributed by atoms with E-state index in [0.29, 0.717) is 12.0 Å². The van der Waals surface area contributed by atoms with Gasteiger partial charge < -0.3 is 4.74 Å². The van der Waals surface area contributed by atoms with Crippen molar-refractivity contribution in [2.45, 2.75) is 58.8 Å². The first-order chi connectivity index (χ1) is 12.3. The number of hydrogen-bond donors (Lipinski definition) is 0. The van der Waals surface area contributed by atoms with Gasteiger partial charge in [0.2, 0.25) is 5.75 Å². The molecule has 1 aromatic rings. The van der Waals surface area contributed by atoms with Crippen LogP contribution in [-0.4, -0.2) is 15.8 Å². The zero-order valence-corrected chi connectivity index (χ0v) is 15.3. The van der Waals surface area contributed by atoms with Crippen LogP contribution < -0.4 is 4.74 Å². The molecule has 0 saturated heterocycles. The van der Waals surface area contributed by atoms with Gasteiger partial charge in [0.15, 0.2) is 0 Å². The highest BCUT2D eigenvalue weighted by Gasteiger charge is 2.29. The number of hydrogen-bond acceptors (Lipinski definition) is 6. The Morgan fingerprint density at radius 3 is 2.42 bits per heavy atom. The van der Waals surface area contributed by atoms with Crippen molar-refractivity contribution in [1.82, 2.24) is 0 Å². The van der Waals surface area contributed by atoms with Gasteiger partial charge in [-0.05, 0) is 19.3 Å². The largest absolute Gasteiger partial charge is 0.416 e. The third-order valence-corrected chi connectivity index (χ3v) is 4.02. The minimum absolute atomic E-state index is 0.216. The standard InChI is InChI=1S/C18H24N2O6/c1-4-6-7-8-10-13(3)15-11-14(19(22)23)12-16(20(24)25)18(15)26-17(21)9-5-2/h5,9,11-13H,4,6-8,10H2,1-3H3/b9-5-. The van der Waals surface area contributed by atoms with E-state index in [9.17, 15) is 25.0 Å². The first-order valence-electron chi connectivity index (χ1n) is 8.63. The maximum absolute atomic E-state index is 11.8. The van der Waals surface area contributed by atoms with E-state index < -0.39 is 27.2 Å². The average molecular weight is 364 g/mol. The van der Waals surface area contributed by atoms with E-state index in [2.05, 4.69) is 6.92 Å². The summed E-state index contributed by atoms with van der Waals surface area (Å²) in [5.74, 6) is -1.20. The van der Waals surface area contributed by atoms with Crippen LogP contribution in [0.15, 0.2) is 24.3 Å². The molecule has 1 unspecified atom stereocenters. The second-order valence-corrected chi connectivity index (χ2v) is 6.07. The van der Waals surface area contributed by atoms with Crippen molar-refractivity contribution in [1.29, 1.82) is 0 Å². The van der Waals surface area contributed by atoms with Gasteiger partial charge in [0, 0.05) is 17.7 Å². The number of rotatable bonds is 10. The molecule has 1 aromatic carbocycles. The molecule has 26 heavy (non-hydrogen) atoms. The zero-order valence-electron chi connectivity index (χ0n) is 15.3. The van der Waals surface area contributed by atoms with Gasteiger partial charge >= 0.3 is 11.7 Å². The van der Waals surface area contributed by atoms with Crippen molar-refractivity contribution >= 4 is 17.3 Å². The van der Waals surface area contributed by atoms with E-state index in [1.807, 2.05) is 6.92 Å². The number of benzene rings is 1. The molecule has 0 bridgehead atoms. The lowest BCUT2D eigenvalue weighted by atomic mass is 9.93. The highest BCUT2D eigenvalue weighted by Crippen LogP contribution is 2.41. The number of allylic oxidation sites excluding steroid dienone is 1.